The molecular formula is C24H38N4O2. The van der Waals surface area contributed by atoms with Crippen LogP contribution in [0.2, 0.25) is 0 Å². The fourth-order valence-electron chi connectivity index (χ4n) is 3.33. The molecule has 2 aromatic carbocycles. The van der Waals surface area contributed by atoms with E-state index in [0.29, 0.717) is 47.5 Å². The van der Waals surface area contributed by atoms with Crippen LogP contribution in [0.15, 0.2) is 36.4 Å². The van der Waals surface area contributed by atoms with E-state index in [1.807, 2.05) is 0 Å². The van der Waals surface area contributed by atoms with Gasteiger partial charge < -0.3 is 32.4 Å². The zero-order valence-corrected chi connectivity index (χ0v) is 18.1. The van der Waals surface area contributed by atoms with Gasteiger partial charge in [-0.15, -0.1) is 0 Å². The van der Waals surface area contributed by atoms with Gasteiger partial charge in [0.15, 0.2) is 0 Å². The highest BCUT2D eigenvalue weighted by Crippen LogP contribution is 2.25. The molecule has 0 fully saturated rings. The van der Waals surface area contributed by atoms with Gasteiger partial charge >= 0.3 is 0 Å². The van der Waals surface area contributed by atoms with Gasteiger partial charge in [-0.1, -0.05) is 51.4 Å². The van der Waals surface area contributed by atoms with E-state index in [9.17, 15) is 0 Å². The molecule has 0 amide bonds. The van der Waals surface area contributed by atoms with Crippen LogP contribution in [-0.4, -0.2) is 13.2 Å². The fourth-order valence-corrected chi connectivity index (χ4v) is 3.33. The zero-order chi connectivity index (χ0) is 21.6. The minimum Gasteiger partial charge on any atom is -0.491 e. The van der Waals surface area contributed by atoms with Crippen molar-refractivity contribution in [2.45, 2.75) is 64.2 Å². The monoisotopic (exact) mass is 414 g/mol. The summed E-state index contributed by atoms with van der Waals surface area (Å²) in [5.74, 6) is 1.38. The molecule has 0 atom stereocenters. The van der Waals surface area contributed by atoms with Crippen molar-refractivity contribution < 1.29 is 9.47 Å². The smallest absolute Gasteiger partial charge is 0.144 e. The molecule has 6 nitrogen and oxygen atoms in total. The first-order valence-corrected chi connectivity index (χ1v) is 11.1. The SMILES string of the molecule is Nc1ccc(N)c(OCCCCCCCCCCCCOc2cc(N)ccc2N)c1. The number of nitrogen functional groups attached to an aromatic ring is 4. The van der Waals surface area contributed by atoms with Crippen LogP contribution < -0.4 is 32.4 Å². The van der Waals surface area contributed by atoms with E-state index in [-0.39, 0.29) is 0 Å². The number of nitrogens with two attached hydrogens (primary N) is 4. The standard InChI is InChI=1S/C24H38N4O2/c25-19-11-13-21(27)23(17-19)29-15-9-7-5-3-1-2-4-6-8-10-16-30-24-18-20(26)12-14-22(24)28/h11-14,17-18H,1-10,15-16,25-28H2. The molecule has 0 unspecified atom stereocenters. The molecule has 6 heteroatoms. The van der Waals surface area contributed by atoms with Crippen molar-refractivity contribution in [1.29, 1.82) is 0 Å². The van der Waals surface area contributed by atoms with Crippen molar-refractivity contribution in [2.24, 2.45) is 0 Å². The van der Waals surface area contributed by atoms with E-state index in [2.05, 4.69) is 0 Å². The number of rotatable bonds is 15. The summed E-state index contributed by atoms with van der Waals surface area (Å²) in [6.45, 7) is 1.38. The van der Waals surface area contributed by atoms with Crippen molar-refractivity contribution in [3.63, 3.8) is 0 Å². The van der Waals surface area contributed by atoms with Crippen LogP contribution in [0.4, 0.5) is 22.7 Å². The van der Waals surface area contributed by atoms with Crippen molar-refractivity contribution in [1.82, 2.24) is 0 Å². The maximum atomic E-state index is 5.88. The minimum atomic E-state index is 0.643. The van der Waals surface area contributed by atoms with Gasteiger partial charge in [-0.25, -0.2) is 0 Å². The second-order valence-electron chi connectivity index (χ2n) is 7.83. The van der Waals surface area contributed by atoms with Crippen LogP contribution >= 0.6 is 0 Å². The number of ether oxygens (including phenoxy) is 2. The summed E-state index contributed by atoms with van der Waals surface area (Å²) in [6.07, 6.45) is 12.2. The maximum absolute atomic E-state index is 5.88. The molecule has 0 aliphatic rings. The van der Waals surface area contributed by atoms with Crippen LogP contribution in [0.1, 0.15) is 64.2 Å². The lowest BCUT2D eigenvalue weighted by Crippen LogP contribution is -2.01. The normalized spacial score (nSPS) is 10.8. The molecule has 2 rings (SSSR count). The summed E-state index contributed by atoms with van der Waals surface area (Å²) < 4.78 is 11.4. The summed E-state index contributed by atoms with van der Waals surface area (Å²) in [5, 5.41) is 0. The van der Waals surface area contributed by atoms with Crippen LogP contribution in [0.25, 0.3) is 0 Å². The zero-order valence-electron chi connectivity index (χ0n) is 18.1. The Hall–Kier alpha value is -2.76. The molecule has 8 N–H and O–H groups in total. The lowest BCUT2D eigenvalue weighted by Gasteiger charge is -2.10. The van der Waals surface area contributed by atoms with Crippen LogP contribution in [0.5, 0.6) is 11.5 Å². The molecular weight excluding hydrogens is 376 g/mol. The van der Waals surface area contributed by atoms with Crippen LogP contribution in [0, 0.1) is 0 Å². The molecule has 0 radical (unpaired) electrons. The van der Waals surface area contributed by atoms with Gasteiger partial charge in [0, 0.05) is 23.5 Å². The Labute approximate surface area is 180 Å². The molecule has 30 heavy (non-hydrogen) atoms. The van der Waals surface area contributed by atoms with Crippen LogP contribution in [0.3, 0.4) is 0 Å². The van der Waals surface area contributed by atoms with Gasteiger partial charge in [-0.2, -0.15) is 0 Å². The van der Waals surface area contributed by atoms with Crippen LogP contribution in [-0.2, 0) is 0 Å². The lowest BCUT2D eigenvalue weighted by atomic mass is 10.1. The largest absolute Gasteiger partial charge is 0.491 e. The average Bonchev–Trinajstić information content (AvgIpc) is 2.73. The summed E-state index contributed by atoms with van der Waals surface area (Å²) in [7, 11) is 0. The molecule has 2 aromatic rings. The van der Waals surface area contributed by atoms with E-state index < -0.39 is 0 Å². The Morgan fingerprint density at radius 2 is 0.800 bits per heavy atom. The molecule has 0 bridgehead atoms. The topological polar surface area (TPSA) is 123 Å². The predicted molar refractivity (Wildman–Crippen MR) is 128 cm³/mol. The molecule has 166 valence electrons. The Morgan fingerprint density at radius 1 is 0.467 bits per heavy atom. The van der Waals surface area contributed by atoms with Gasteiger partial charge in [0.1, 0.15) is 11.5 Å². The van der Waals surface area contributed by atoms with Crippen molar-refractivity contribution in [3.8, 4) is 11.5 Å². The highest BCUT2D eigenvalue weighted by atomic mass is 16.5. The van der Waals surface area contributed by atoms with E-state index in [1.165, 1.54) is 51.4 Å². The molecule has 0 aromatic heterocycles. The van der Waals surface area contributed by atoms with Gasteiger partial charge in [-0.3, -0.25) is 0 Å². The molecule has 0 saturated heterocycles. The van der Waals surface area contributed by atoms with E-state index >= 15 is 0 Å². The third-order valence-corrected chi connectivity index (χ3v) is 5.13. The first-order valence-electron chi connectivity index (χ1n) is 11.1. The molecule has 0 spiro atoms. The van der Waals surface area contributed by atoms with Crippen molar-refractivity contribution in [2.75, 3.05) is 36.1 Å². The number of hydrogen-bond donors (Lipinski definition) is 4. The lowest BCUT2D eigenvalue weighted by molar-refractivity contribution is 0.304. The summed E-state index contributed by atoms with van der Waals surface area (Å²) >= 11 is 0. The summed E-state index contributed by atoms with van der Waals surface area (Å²) in [4.78, 5) is 0. The molecule has 0 saturated carbocycles. The predicted octanol–water partition coefficient (Wildman–Crippen LogP) is 5.37. The third kappa shape index (κ3) is 9.16. The Morgan fingerprint density at radius 3 is 1.17 bits per heavy atom. The van der Waals surface area contributed by atoms with Gasteiger partial charge in [0.2, 0.25) is 0 Å². The van der Waals surface area contributed by atoms with E-state index in [1.54, 1.807) is 36.4 Å². The maximum Gasteiger partial charge on any atom is 0.144 e. The molecule has 0 aliphatic carbocycles. The van der Waals surface area contributed by atoms with E-state index in [0.717, 1.165) is 12.8 Å². The Kier molecular flexibility index (Phi) is 10.6. The molecule has 0 aliphatic heterocycles. The van der Waals surface area contributed by atoms with Crippen molar-refractivity contribution >= 4 is 22.7 Å². The second-order valence-corrected chi connectivity index (χ2v) is 7.83. The Bertz CT molecular complexity index is 688. The van der Waals surface area contributed by atoms with Crippen molar-refractivity contribution in [3.05, 3.63) is 36.4 Å². The quantitative estimate of drug-likeness (QED) is 0.229. The highest BCUT2D eigenvalue weighted by Gasteiger charge is 2.02. The third-order valence-electron chi connectivity index (χ3n) is 5.13. The highest BCUT2D eigenvalue weighted by molar-refractivity contribution is 5.60. The molecule has 0 heterocycles. The van der Waals surface area contributed by atoms with Gasteiger partial charge in [0.25, 0.3) is 0 Å². The first-order chi connectivity index (χ1) is 14.6. The average molecular weight is 415 g/mol. The van der Waals surface area contributed by atoms with Gasteiger partial charge in [-0.05, 0) is 37.1 Å². The summed E-state index contributed by atoms with van der Waals surface area (Å²) in [5.41, 5.74) is 25.9. The Balaban J connectivity index is 1.36. The number of hydrogen-bond acceptors (Lipinski definition) is 6. The van der Waals surface area contributed by atoms with Gasteiger partial charge in [0.05, 0.1) is 24.6 Å². The number of anilines is 4. The number of unbranched alkanes of at least 4 members (excludes halogenated alkanes) is 9. The second kappa shape index (κ2) is 13.5. The van der Waals surface area contributed by atoms with E-state index in [4.69, 9.17) is 32.4 Å². The number of benzene rings is 2. The minimum absolute atomic E-state index is 0.643. The fraction of sp³-hybridized carbons (Fsp3) is 0.500. The summed E-state index contributed by atoms with van der Waals surface area (Å²) in [6, 6.07) is 10.7. The first kappa shape index (κ1) is 23.5.